The summed E-state index contributed by atoms with van der Waals surface area (Å²) < 4.78 is 1.67. The molecule has 120 valence electrons. The van der Waals surface area contributed by atoms with Gasteiger partial charge in [-0.1, -0.05) is 43.7 Å². The smallest absolute Gasteiger partial charge is 0.296 e. The highest BCUT2D eigenvalue weighted by atomic mass is 16.3. The van der Waals surface area contributed by atoms with Gasteiger partial charge in [-0.3, -0.25) is 4.57 Å². The van der Waals surface area contributed by atoms with Gasteiger partial charge < -0.3 is 10.5 Å². The van der Waals surface area contributed by atoms with Crippen molar-refractivity contribution in [2.24, 2.45) is 5.84 Å². The van der Waals surface area contributed by atoms with Crippen LogP contribution >= 0.6 is 0 Å². The Balaban J connectivity index is 2.07. The van der Waals surface area contributed by atoms with Gasteiger partial charge in [-0.25, -0.2) is 15.8 Å². The fourth-order valence-electron chi connectivity index (χ4n) is 2.49. The molecule has 0 radical (unpaired) electrons. The molecule has 0 fully saturated rings. The minimum absolute atomic E-state index is 0.0951. The van der Waals surface area contributed by atoms with Crippen LogP contribution in [0.15, 0.2) is 30.3 Å². The van der Waals surface area contributed by atoms with Crippen LogP contribution in [0, 0.1) is 0 Å². The van der Waals surface area contributed by atoms with Crippen LogP contribution in [-0.2, 0) is 13.0 Å². The van der Waals surface area contributed by atoms with Gasteiger partial charge in [-0.2, -0.15) is 4.98 Å². The largest absolute Gasteiger partial charge is 0.480 e. The monoisotopic (exact) mass is 312 g/mol. The van der Waals surface area contributed by atoms with E-state index in [9.17, 15) is 5.11 Å². The molecule has 4 N–H and O–H groups in total. The number of benzene rings is 1. The normalized spacial score (nSPS) is 11.0. The van der Waals surface area contributed by atoms with Crippen molar-refractivity contribution in [3.63, 3.8) is 0 Å². The lowest BCUT2D eigenvalue weighted by molar-refractivity contribution is 0.408. The van der Waals surface area contributed by atoms with E-state index in [-0.39, 0.29) is 6.01 Å². The Labute approximate surface area is 134 Å². The molecule has 0 aliphatic rings. The molecule has 23 heavy (non-hydrogen) atoms. The first kappa shape index (κ1) is 15.2. The fourth-order valence-corrected chi connectivity index (χ4v) is 2.49. The average molecular weight is 312 g/mol. The van der Waals surface area contributed by atoms with Crippen LogP contribution in [0.4, 0.5) is 5.82 Å². The van der Waals surface area contributed by atoms with E-state index in [2.05, 4.69) is 27.3 Å². The van der Waals surface area contributed by atoms with Gasteiger partial charge in [0.2, 0.25) is 0 Å². The molecule has 3 aromatic rings. The quantitative estimate of drug-likeness (QED) is 0.476. The van der Waals surface area contributed by atoms with Crippen molar-refractivity contribution in [2.75, 3.05) is 5.43 Å². The zero-order valence-electron chi connectivity index (χ0n) is 13.0. The van der Waals surface area contributed by atoms with Gasteiger partial charge in [0.15, 0.2) is 17.0 Å². The van der Waals surface area contributed by atoms with E-state index in [0.29, 0.717) is 29.4 Å². The third-order valence-electron chi connectivity index (χ3n) is 3.69. The molecule has 0 aliphatic carbocycles. The highest BCUT2D eigenvalue weighted by Gasteiger charge is 2.17. The van der Waals surface area contributed by atoms with Gasteiger partial charge in [0, 0.05) is 6.42 Å². The van der Waals surface area contributed by atoms with Crippen molar-refractivity contribution in [2.45, 2.75) is 32.7 Å². The molecule has 3 rings (SSSR count). The number of hydrogen-bond acceptors (Lipinski definition) is 6. The minimum Gasteiger partial charge on any atom is -0.480 e. The number of fused-ring (bicyclic) bond motifs is 1. The Morgan fingerprint density at radius 3 is 2.65 bits per heavy atom. The van der Waals surface area contributed by atoms with Crippen molar-refractivity contribution < 1.29 is 5.11 Å². The summed E-state index contributed by atoms with van der Waals surface area (Å²) in [7, 11) is 0. The summed E-state index contributed by atoms with van der Waals surface area (Å²) in [5, 5.41) is 10.2. The average Bonchev–Trinajstić information content (AvgIpc) is 2.89. The van der Waals surface area contributed by atoms with E-state index in [1.165, 1.54) is 0 Å². The molecule has 0 bridgehead atoms. The minimum atomic E-state index is -0.0951. The highest BCUT2D eigenvalue weighted by Crippen LogP contribution is 2.25. The van der Waals surface area contributed by atoms with E-state index in [4.69, 9.17) is 5.84 Å². The Kier molecular flexibility index (Phi) is 4.38. The first-order valence-electron chi connectivity index (χ1n) is 7.69. The number of imidazole rings is 1. The molecule has 7 heteroatoms. The predicted octanol–water partition coefficient (Wildman–Crippen LogP) is 2.21. The lowest BCUT2D eigenvalue weighted by Crippen LogP contribution is -2.12. The van der Waals surface area contributed by atoms with Crippen LogP contribution in [0.1, 0.15) is 31.2 Å². The number of aromatic hydroxyl groups is 1. The molecule has 0 unspecified atom stereocenters. The zero-order chi connectivity index (χ0) is 16.2. The Hall–Kier alpha value is -2.67. The molecule has 7 nitrogen and oxygen atoms in total. The number of rotatable bonds is 6. The summed E-state index contributed by atoms with van der Waals surface area (Å²) in [5.74, 6) is 6.68. The van der Waals surface area contributed by atoms with Crippen molar-refractivity contribution in [1.82, 2.24) is 19.5 Å². The van der Waals surface area contributed by atoms with Gasteiger partial charge in [-0.15, -0.1) is 0 Å². The van der Waals surface area contributed by atoms with Gasteiger partial charge in [-0.05, 0) is 12.0 Å². The lowest BCUT2D eigenvalue weighted by Gasteiger charge is -2.07. The molecule has 2 heterocycles. The summed E-state index contributed by atoms with van der Waals surface area (Å²) in [6.07, 6.45) is 2.81. The van der Waals surface area contributed by atoms with Crippen LogP contribution in [0.3, 0.4) is 0 Å². The molecule has 0 spiro atoms. The first-order chi connectivity index (χ1) is 11.2. The molecule has 0 saturated carbocycles. The second-order valence-corrected chi connectivity index (χ2v) is 5.39. The summed E-state index contributed by atoms with van der Waals surface area (Å²) in [6, 6.07) is 9.76. The van der Waals surface area contributed by atoms with E-state index < -0.39 is 0 Å². The van der Waals surface area contributed by atoms with Crippen molar-refractivity contribution in [3.05, 3.63) is 41.7 Å². The van der Waals surface area contributed by atoms with Crippen molar-refractivity contribution >= 4 is 17.0 Å². The van der Waals surface area contributed by atoms with Gasteiger partial charge in [0.25, 0.3) is 6.01 Å². The second kappa shape index (κ2) is 6.62. The number of anilines is 1. The number of nitrogens with zero attached hydrogens (tertiary/aromatic N) is 4. The van der Waals surface area contributed by atoms with Gasteiger partial charge in [0.1, 0.15) is 5.82 Å². The van der Waals surface area contributed by atoms with Gasteiger partial charge >= 0.3 is 0 Å². The van der Waals surface area contributed by atoms with Gasteiger partial charge in [0.05, 0.1) is 6.54 Å². The zero-order valence-corrected chi connectivity index (χ0v) is 13.0. The lowest BCUT2D eigenvalue weighted by atomic mass is 10.2. The molecule has 0 amide bonds. The Morgan fingerprint density at radius 2 is 1.96 bits per heavy atom. The highest BCUT2D eigenvalue weighted by molar-refractivity contribution is 5.84. The SMILES string of the molecule is CCCCc1nc(NN)c2nc(O)n(Cc3ccccc3)c2n1. The summed E-state index contributed by atoms with van der Waals surface area (Å²) in [6.45, 7) is 2.60. The number of aryl methyl sites for hydroxylation is 1. The number of hydrogen-bond donors (Lipinski definition) is 3. The third kappa shape index (κ3) is 3.09. The number of nitrogens with one attached hydrogen (secondary N) is 1. The molecule has 0 saturated heterocycles. The fraction of sp³-hybridized carbons (Fsp3) is 0.312. The van der Waals surface area contributed by atoms with Crippen LogP contribution in [0.25, 0.3) is 11.2 Å². The van der Waals surface area contributed by atoms with Crippen LogP contribution in [0.2, 0.25) is 0 Å². The molecule has 1 aromatic carbocycles. The summed E-state index contributed by atoms with van der Waals surface area (Å²) in [5.41, 5.74) is 4.66. The number of nitrogen functional groups attached to an aromatic ring is 1. The Morgan fingerprint density at radius 1 is 1.17 bits per heavy atom. The maximum atomic E-state index is 10.2. The Bertz CT molecular complexity index is 799. The maximum Gasteiger partial charge on any atom is 0.296 e. The molecule has 0 atom stereocenters. The first-order valence-corrected chi connectivity index (χ1v) is 7.69. The molecule has 2 aromatic heterocycles. The summed E-state index contributed by atoms with van der Waals surface area (Å²) >= 11 is 0. The number of nitrogens with two attached hydrogens (primary N) is 1. The van der Waals surface area contributed by atoms with Crippen LogP contribution in [0.5, 0.6) is 6.01 Å². The third-order valence-corrected chi connectivity index (χ3v) is 3.69. The molecular formula is C16H20N6O. The van der Waals surface area contributed by atoms with Crippen LogP contribution in [-0.4, -0.2) is 24.6 Å². The van der Waals surface area contributed by atoms with E-state index in [1.54, 1.807) is 4.57 Å². The van der Waals surface area contributed by atoms with Crippen molar-refractivity contribution in [1.29, 1.82) is 0 Å². The van der Waals surface area contributed by atoms with E-state index >= 15 is 0 Å². The second-order valence-electron chi connectivity index (χ2n) is 5.39. The predicted molar refractivity (Wildman–Crippen MR) is 89.0 cm³/mol. The molecular weight excluding hydrogens is 292 g/mol. The van der Waals surface area contributed by atoms with E-state index in [1.807, 2.05) is 30.3 Å². The molecule has 0 aliphatic heterocycles. The van der Waals surface area contributed by atoms with Crippen molar-refractivity contribution in [3.8, 4) is 6.01 Å². The summed E-state index contributed by atoms with van der Waals surface area (Å²) in [4.78, 5) is 13.1. The maximum absolute atomic E-state index is 10.2. The standard InChI is InChI=1S/C16H20N6O/c1-2-3-9-12-18-14(21-17)13-15(19-12)22(16(23)20-13)10-11-7-5-4-6-8-11/h4-8H,2-3,9-10,17H2,1H3,(H,20,23)(H,18,19,21). The number of unbranched alkanes of at least 4 members (excludes halogenated alkanes) is 1. The number of aromatic nitrogens is 4. The number of hydrazine groups is 1. The van der Waals surface area contributed by atoms with E-state index in [0.717, 1.165) is 24.8 Å². The topological polar surface area (TPSA) is 102 Å². The van der Waals surface area contributed by atoms with Crippen LogP contribution < -0.4 is 11.3 Å².